The number of carbonyl (C=O) groups excluding carboxylic acids is 1. The average molecular weight is 461 g/mol. The summed E-state index contributed by atoms with van der Waals surface area (Å²) in [6, 6.07) is 1.99. The van der Waals surface area contributed by atoms with Gasteiger partial charge in [0.25, 0.3) is 5.91 Å². The van der Waals surface area contributed by atoms with Crippen molar-refractivity contribution in [2.45, 2.75) is 17.7 Å². The van der Waals surface area contributed by atoms with Crippen molar-refractivity contribution in [3.8, 4) is 18.2 Å². The van der Waals surface area contributed by atoms with Gasteiger partial charge in [-0.05, 0) is 12.0 Å². The normalized spacial score (nSPS) is 25.8. The molecule has 1 aromatic heterocycles. The Morgan fingerprint density at radius 1 is 1.38 bits per heavy atom. The molecular formula is C21H18F3N5O2S. The summed E-state index contributed by atoms with van der Waals surface area (Å²) in [5.41, 5.74) is 3.73. The lowest BCUT2D eigenvalue weighted by Gasteiger charge is -2.32. The second-order valence-electron chi connectivity index (χ2n) is 7.48. The van der Waals surface area contributed by atoms with Gasteiger partial charge in [0.05, 0.1) is 12.4 Å². The van der Waals surface area contributed by atoms with E-state index >= 15 is 0 Å². The maximum atomic E-state index is 14.8. The average Bonchev–Trinajstić information content (AvgIpc) is 3.44. The van der Waals surface area contributed by atoms with Crippen LogP contribution in [-0.4, -0.2) is 39.6 Å². The topological polar surface area (TPSA) is 102 Å². The Labute approximate surface area is 186 Å². The molecule has 1 amide bonds. The molecule has 32 heavy (non-hydrogen) atoms. The molecule has 0 bridgehead atoms. The van der Waals surface area contributed by atoms with E-state index in [1.165, 1.54) is 24.0 Å². The number of nitrogens with two attached hydrogens (primary N) is 1. The number of halogens is 3. The molecule has 0 spiro atoms. The van der Waals surface area contributed by atoms with Crippen LogP contribution in [-0.2, 0) is 5.54 Å². The van der Waals surface area contributed by atoms with Gasteiger partial charge in [0.1, 0.15) is 17.9 Å². The molecule has 7 nitrogen and oxygen atoms in total. The lowest BCUT2D eigenvalue weighted by molar-refractivity contribution is 0.102. The third-order valence-electron chi connectivity index (χ3n) is 5.54. The molecule has 1 aliphatic heterocycles. The smallest absolute Gasteiger partial charge is 0.275 e. The molecule has 1 aromatic carbocycles. The number of carbonyl (C=O) groups is 1. The van der Waals surface area contributed by atoms with Crippen molar-refractivity contribution in [3.63, 3.8) is 0 Å². The fourth-order valence-corrected chi connectivity index (χ4v) is 5.38. The first kappa shape index (κ1) is 22.0. The second-order valence-corrected chi connectivity index (χ2v) is 8.68. The first-order valence-electron chi connectivity index (χ1n) is 9.58. The van der Waals surface area contributed by atoms with Crippen LogP contribution in [0, 0.1) is 35.8 Å². The van der Waals surface area contributed by atoms with Gasteiger partial charge in [0.2, 0.25) is 5.88 Å². The van der Waals surface area contributed by atoms with Crippen molar-refractivity contribution in [2.24, 2.45) is 22.6 Å². The quantitative estimate of drug-likeness (QED) is 0.642. The molecule has 2 aliphatic rings. The molecule has 11 heteroatoms. The molecule has 4 rings (SSSR count). The first-order valence-corrected chi connectivity index (χ1v) is 10.5. The minimum atomic E-state index is -1.65. The Bertz CT molecular complexity index is 1140. The van der Waals surface area contributed by atoms with Crippen molar-refractivity contribution < 1.29 is 22.7 Å². The Hall–Kier alpha value is -3.26. The zero-order valence-corrected chi connectivity index (χ0v) is 17.6. The third kappa shape index (κ3) is 3.75. The highest BCUT2D eigenvalue weighted by molar-refractivity contribution is 8.14. The molecule has 2 heterocycles. The number of hydrogen-bond donors (Lipinski definition) is 2. The van der Waals surface area contributed by atoms with Crippen LogP contribution in [0.4, 0.5) is 18.9 Å². The van der Waals surface area contributed by atoms with E-state index in [9.17, 15) is 18.0 Å². The van der Waals surface area contributed by atoms with Gasteiger partial charge in [0.15, 0.2) is 23.4 Å². The molecule has 1 fully saturated rings. The number of rotatable bonds is 6. The summed E-state index contributed by atoms with van der Waals surface area (Å²) < 4.78 is 48.7. The minimum absolute atomic E-state index is 0.0137. The predicted octanol–water partition coefficient (Wildman–Crippen LogP) is 2.88. The summed E-state index contributed by atoms with van der Waals surface area (Å²) in [7, 11) is 0. The van der Waals surface area contributed by atoms with E-state index in [4.69, 9.17) is 16.9 Å². The number of anilines is 1. The lowest BCUT2D eigenvalue weighted by atomic mass is 9.84. The number of amides is 1. The SMILES string of the molecule is C#CCOc1cnc(C(=O)Nc2cc(F)c(F)c([C@@]3(CF)N=C(N)SC4C(C)C43)c2)cn1. The van der Waals surface area contributed by atoms with Crippen LogP contribution in [0.3, 0.4) is 0 Å². The number of nitrogens with zero attached hydrogens (tertiary/aromatic N) is 3. The van der Waals surface area contributed by atoms with Crippen LogP contribution in [0.15, 0.2) is 29.5 Å². The van der Waals surface area contributed by atoms with Crippen molar-refractivity contribution in [2.75, 3.05) is 18.6 Å². The van der Waals surface area contributed by atoms with E-state index in [0.29, 0.717) is 0 Å². The predicted molar refractivity (Wildman–Crippen MR) is 114 cm³/mol. The third-order valence-corrected chi connectivity index (χ3v) is 6.86. The number of benzene rings is 1. The van der Waals surface area contributed by atoms with Gasteiger partial charge in [-0.1, -0.05) is 24.6 Å². The molecule has 0 saturated heterocycles. The van der Waals surface area contributed by atoms with Gasteiger partial charge in [-0.2, -0.15) is 0 Å². The van der Waals surface area contributed by atoms with Crippen LogP contribution >= 0.6 is 11.8 Å². The number of fused-ring (bicyclic) bond motifs is 1. The van der Waals surface area contributed by atoms with Crippen LogP contribution in [0.25, 0.3) is 0 Å². The molecule has 2 aromatic rings. The van der Waals surface area contributed by atoms with E-state index in [1.54, 1.807) is 0 Å². The Morgan fingerprint density at radius 3 is 2.81 bits per heavy atom. The van der Waals surface area contributed by atoms with Gasteiger partial charge in [-0.15, -0.1) is 6.42 Å². The molecule has 3 N–H and O–H groups in total. The molecule has 4 atom stereocenters. The molecule has 166 valence electrons. The van der Waals surface area contributed by atoms with E-state index < -0.39 is 29.8 Å². The van der Waals surface area contributed by atoms with E-state index in [-0.39, 0.29) is 51.7 Å². The summed E-state index contributed by atoms with van der Waals surface area (Å²) in [6.45, 7) is 0.814. The van der Waals surface area contributed by atoms with Crippen LogP contribution < -0.4 is 15.8 Å². The highest BCUT2D eigenvalue weighted by Crippen LogP contribution is 2.62. The Kier molecular flexibility index (Phi) is 5.73. The maximum absolute atomic E-state index is 14.8. The van der Waals surface area contributed by atoms with Gasteiger partial charge < -0.3 is 15.8 Å². The fraction of sp³-hybridized carbons (Fsp3) is 0.333. The van der Waals surface area contributed by atoms with Gasteiger partial charge >= 0.3 is 0 Å². The summed E-state index contributed by atoms with van der Waals surface area (Å²) in [4.78, 5) is 24.5. The summed E-state index contributed by atoms with van der Waals surface area (Å²) in [6.07, 6.45) is 7.44. The number of alkyl halides is 1. The summed E-state index contributed by atoms with van der Waals surface area (Å²) in [5.74, 6) is -1.13. The highest BCUT2D eigenvalue weighted by atomic mass is 32.2. The largest absolute Gasteiger partial charge is 0.463 e. The maximum Gasteiger partial charge on any atom is 0.275 e. The minimum Gasteiger partial charge on any atom is -0.463 e. The molecule has 3 unspecified atom stereocenters. The van der Waals surface area contributed by atoms with Crippen molar-refractivity contribution >= 4 is 28.5 Å². The number of thioether (sulfide) groups is 1. The Balaban J connectivity index is 1.64. The van der Waals surface area contributed by atoms with Gasteiger partial charge in [-0.25, -0.2) is 28.1 Å². The Morgan fingerprint density at radius 2 is 2.16 bits per heavy atom. The molecule has 1 saturated carbocycles. The number of nitrogens with one attached hydrogen (secondary N) is 1. The van der Waals surface area contributed by atoms with Gasteiger partial charge in [-0.3, -0.25) is 4.79 Å². The summed E-state index contributed by atoms with van der Waals surface area (Å²) in [5, 5.41) is 2.51. The number of ether oxygens (including phenoxy) is 1. The van der Waals surface area contributed by atoms with Crippen LogP contribution in [0.2, 0.25) is 0 Å². The van der Waals surface area contributed by atoms with Gasteiger partial charge in [0, 0.05) is 28.5 Å². The lowest BCUT2D eigenvalue weighted by Crippen LogP contribution is -2.37. The first-order chi connectivity index (χ1) is 15.3. The van der Waals surface area contributed by atoms with Crippen LogP contribution in [0.1, 0.15) is 23.0 Å². The van der Waals surface area contributed by atoms with E-state index in [0.717, 1.165) is 12.3 Å². The molecular weight excluding hydrogens is 443 g/mol. The number of hydrogen-bond acceptors (Lipinski definition) is 7. The van der Waals surface area contributed by atoms with Crippen molar-refractivity contribution in [1.82, 2.24) is 9.97 Å². The standard InChI is InChI=1S/C21H18F3N5O2S/c1-3-4-31-15-8-26-14(7-27-15)19(30)28-11-5-12(17(24)13(23)6-11)21(9-22)16-10(2)18(16)32-20(25)29-21/h1,5-8,10,16,18H,4,9H2,2H3,(H2,25,29)(H,28,30)/t10?,16?,18?,21-/m1/s1. The highest BCUT2D eigenvalue weighted by Gasteiger charge is 2.63. The van der Waals surface area contributed by atoms with Crippen molar-refractivity contribution in [3.05, 3.63) is 47.4 Å². The number of amidine groups is 1. The van der Waals surface area contributed by atoms with Crippen molar-refractivity contribution in [1.29, 1.82) is 0 Å². The zero-order valence-electron chi connectivity index (χ0n) is 16.8. The molecule has 0 radical (unpaired) electrons. The number of aliphatic imine (C=N–C) groups is 1. The monoisotopic (exact) mass is 461 g/mol. The second kappa shape index (κ2) is 8.35. The number of aromatic nitrogens is 2. The summed E-state index contributed by atoms with van der Waals surface area (Å²) >= 11 is 1.30. The van der Waals surface area contributed by atoms with E-state index in [1.807, 2.05) is 6.92 Å². The zero-order chi connectivity index (χ0) is 23.0. The van der Waals surface area contributed by atoms with E-state index in [2.05, 4.69) is 26.2 Å². The molecule has 1 aliphatic carbocycles. The van der Waals surface area contributed by atoms with Crippen LogP contribution in [0.5, 0.6) is 5.88 Å². The fourth-order valence-electron chi connectivity index (χ4n) is 3.98. The number of terminal acetylenes is 1.